The number of hydrogen-bond donors (Lipinski definition) is 1. The molecule has 1 heterocycles. The SMILES string of the molecule is NS(=O)(=O)c1ccccc2cnnc1-2. The van der Waals surface area contributed by atoms with E-state index in [0.29, 0.717) is 11.3 Å². The Labute approximate surface area is 81.0 Å². The lowest BCUT2D eigenvalue weighted by Crippen LogP contribution is -2.12. The van der Waals surface area contributed by atoms with E-state index in [1.165, 1.54) is 12.3 Å². The van der Waals surface area contributed by atoms with Gasteiger partial charge in [-0.15, -0.1) is 5.10 Å². The molecule has 2 N–H and O–H groups in total. The summed E-state index contributed by atoms with van der Waals surface area (Å²) in [6.45, 7) is 0. The molecule has 72 valence electrons. The van der Waals surface area contributed by atoms with Gasteiger partial charge in [0.05, 0.1) is 6.20 Å². The van der Waals surface area contributed by atoms with E-state index in [1.54, 1.807) is 18.2 Å². The summed E-state index contributed by atoms with van der Waals surface area (Å²) in [5.74, 6) is 0. The maximum Gasteiger partial charge on any atom is 0.240 e. The largest absolute Gasteiger partial charge is 0.240 e. The van der Waals surface area contributed by atoms with E-state index in [4.69, 9.17) is 5.14 Å². The molecule has 2 aliphatic rings. The number of sulfonamides is 1. The van der Waals surface area contributed by atoms with Crippen LogP contribution >= 0.6 is 0 Å². The number of fused-ring (bicyclic) bond motifs is 1. The molecule has 0 aromatic carbocycles. The molecule has 0 saturated heterocycles. The second kappa shape index (κ2) is 3.00. The van der Waals surface area contributed by atoms with Crippen LogP contribution in [0.25, 0.3) is 11.3 Å². The van der Waals surface area contributed by atoms with Crippen LogP contribution in [0.2, 0.25) is 0 Å². The quantitative estimate of drug-likeness (QED) is 0.728. The molecular weight excluding hydrogens is 202 g/mol. The van der Waals surface area contributed by atoms with Crippen molar-refractivity contribution in [2.75, 3.05) is 0 Å². The van der Waals surface area contributed by atoms with Gasteiger partial charge in [-0.2, -0.15) is 5.10 Å². The summed E-state index contributed by atoms with van der Waals surface area (Å²) in [7, 11) is -3.75. The van der Waals surface area contributed by atoms with Crippen LogP contribution in [0, 0.1) is 0 Å². The van der Waals surface area contributed by atoms with Crippen LogP contribution in [0.3, 0.4) is 0 Å². The van der Waals surface area contributed by atoms with Crippen molar-refractivity contribution in [1.29, 1.82) is 0 Å². The minimum atomic E-state index is -3.75. The maximum atomic E-state index is 11.2. The fourth-order valence-electron chi connectivity index (χ4n) is 1.19. The van der Waals surface area contributed by atoms with Gasteiger partial charge in [-0.3, -0.25) is 0 Å². The normalized spacial score (nSPS) is 11.8. The van der Waals surface area contributed by atoms with Crippen LogP contribution in [0.4, 0.5) is 0 Å². The smallest absolute Gasteiger partial charge is 0.225 e. The Kier molecular flexibility index (Phi) is 1.94. The van der Waals surface area contributed by atoms with Crippen molar-refractivity contribution in [2.24, 2.45) is 5.14 Å². The third-order valence-corrected chi connectivity index (χ3v) is 2.74. The van der Waals surface area contributed by atoms with Gasteiger partial charge < -0.3 is 0 Å². The van der Waals surface area contributed by atoms with Crippen LogP contribution in [0.1, 0.15) is 0 Å². The van der Waals surface area contributed by atoms with Crippen LogP contribution < -0.4 is 5.14 Å². The Morgan fingerprint density at radius 2 is 1.93 bits per heavy atom. The molecule has 0 radical (unpaired) electrons. The number of aromatic nitrogens is 2. The van der Waals surface area contributed by atoms with Gasteiger partial charge in [0, 0.05) is 5.56 Å². The standard InChI is InChI=1S/C8H7N3O2S/c9-14(12,13)7-4-2-1-3-6-5-10-11-8(6)7/h1-5H,(H2,9,12,13). The Morgan fingerprint density at radius 1 is 1.21 bits per heavy atom. The summed E-state index contributed by atoms with van der Waals surface area (Å²) in [5, 5.41) is 12.4. The Hall–Kier alpha value is -1.53. The van der Waals surface area contributed by atoms with Crippen molar-refractivity contribution < 1.29 is 8.42 Å². The molecule has 0 aromatic rings. The van der Waals surface area contributed by atoms with E-state index >= 15 is 0 Å². The Balaban J connectivity index is 2.83. The molecule has 0 bridgehead atoms. The third kappa shape index (κ3) is 1.45. The molecule has 1 aliphatic heterocycles. The summed E-state index contributed by atoms with van der Waals surface area (Å²) in [4.78, 5) is -0.00463. The van der Waals surface area contributed by atoms with Crippen molar-refractivity contribution in [3.05, 3.63) is 30.5 Å². The summed E-state index contributed by atoms with van der Waals surface area (Å²) in [6, 6.07) is 6.44. The van der Waals surface area contributed by atoms with Crippen LogP contribution in [-0.4, -0.2) is 18.6 Å². The fraction of sp³-hybridized carbons (Fsp3) is 0. The minimum absolute atomic E-state index is 0.00463. The highest BCUT2D eigenvalue weighted by atomic mass is 32.2. The lowest BCUT2D eigenvalue weighted by atomic mass is 10.2. The molecule has 2 rings (SSSR count). The van der Waals surface area contributed by atoms with Gasteiger partial charge in [-0.1, -0.05) is 18.2 Å². The van der Waals surface area contributed by atoms with Crippen LogP contribution in [0.5, 0.6) is 0 Å². The highest BCUT2D eigenvalue weighted by Gasteiger charge is 2.17. The second-order valence-electron chi connectivity index (χ2n) is 2.78. The van der Waals surface area contributed by atoms with Gasteiger partial charge in [0.15, 0.2) is 0 Å². The number of hydrogen-bond acceptors (Lipinski definition) is 4. The monoisotopic (exact) mass is 209 g/mol. The Morgan fingerprint density at radius 3 is 2.64 bits per heavy atom. The zero-order chi connectivity index (χ0) is 10.2. The first-order valence-electron chi connectivity index (χ1n) is 3.82. The molecule has 0 atom stereocenters. The van der Waals surface area contributed by atoms with Crippen molar-refractivity contribution in [1.82, 2.24) is 10.2 Å². The lowest BCUT2D eigenvalue weighted by Gasteiger charge is -1.96. The number of nitrogens with zero attached hydrogens (tertiary/aromatic N) is 2. The number of rotatable bonds is 1. The first kappa shape index (κ1) is 9.04. The van der Waals surface area contributed by atoms with Gasteiger partial charge in [-0.25, -0.2) is 13.6 Å². The average molecular weight is 209 g/mol. The zero-order valence-corrected chi connectivity index (χ0v) is 7.90. The molecule has 1 aliphatic carbocycles. The summed E-state index contributed by atoms with van der Waals surface area (Å²) >= 11 is 0. The van der Waals surface area contributed by atoms with Crippen molar-refractivity contribution >= 4 is 10.0 Å². The van der Waals surface area contributed by atoms with E-state index < -0.39 is 10.0 Å². The van der Waals surface area contributed by atoms with E-state index in [0.717, 1.165) is 0 Å². The molecule has 5 nitrogen and oxygen atoms in total. The summed E-state index contributed by atoms with van der Waals surface area (Å²) < 4.78 is 22.4. The highest BCUT2D eigenvalue weighted by molar-refractivity contribution is 7.89. The van der Waals surface area contributed by atoms with Crippen molar-refractivity contribution in [3.63, 3.8) is 0 Å². The van der Waals surface area contributed by atoms with E-state index in [2.05, 4.69) is 10.2 Å². The van der Waals surface area contributed by atoms with E-state index in [1.807, 2.05) is 0 Å². The first-order valence-corrected chi connectivity index (χ1v) is 5.37. The number of nitrogens with two attached hydrogens (primary N) is 1. The topological polar surface area (TPSA) is 85.9 Å². The molecule has 6 heteroatoms. The molecule has 0 amide bonds. The third-order valence-electron chi connectivity index (χ3n) is 1.80. The average Bonchev–Trinajstić information content (AvgIpc) is 2.42. The zero-order valence-electron chi connectivity index (χ0n) is 7.08. The summed E-state index contributed by atoms with van der Waals surface area (Å²) in [5.41, 5.74) is 0.955. The second-order valence-corrected chi connectivity index (χ2v) is 4.31. The number of primary sulfonamides is 1. The predicted molar refractivity (Wildman–Crippen MR) is 50.0 cm³/mol. The lowest BCUT2D eigenvalue weighted by molar-refractivity contribution is 0.598. The highest BCUT2D eigenvalue weighted by Crippen LogP contribution is 2.23. The van der Waals surface area contributed by atoms with E-state index in [-0.39, 0.29) is 4.90 Å². The minimum Gasteiger partial charge on any atom is -0.225 e. The maximum absolute atomic E-state index is 11.2. The van der Waals surface area contributed by atoms with Gasteiger partial charge in [0.25, 0.3) is 0 Å². The first-order chi connectivity index (χ1) is 6.59. The van der Waals surface area contributed by atoms with E-state index in [9.17, 15) is 8.42 Å². The molecule has 0 saturated carbocycles. The fourth-order valence-corrected chi connectivity index (χ4v) is 1.89. The summed E-state index contributed by atoms with van der Waals surface area (Å²) in [6.07, 6.45) is 1.49. The molecule has 14 heavy (non-hydrogen) atoms. The van der Waals surface area contributed by atoms with Crippen LogP contribution in [0.15, 0.2) is 35.4 Å². The van der Waals surface area contributed by atoms with Gasteiger partial charge in [0.1, 0.15) is 10.6 Å². The van der Waals surface area contributed by atoms with Crippen LogP contribution in [-0.2, 0) is 10.0 Å². The van der Waals surface area contributed by atoms with Gasteiger partial charge >= 0.3 is 0 Å². The molecule has 0 spiro atoms. The van der Waals surface area contributed by atoms with Crippen molar-refractivity contribution in [3.8, 4) is 11.3 Å². The van der Waals surface area contributed by atoms with Gasteiger partial charge in [-0.05, 0) is 6.07 Å². The Bertz CT molecular complexity index is 538. The predicted octanol–water partition coefficient (Wildman–Crippen LogP) is 0.229. The molecular formula is C8H7N3O2S. The molecule has 0 aromatic heterocycles. The molecule has 0 fully saturated rings. The molecule has 0 unspecified atom stereocenters. The van der Waals surface area contributed by atoms with Crippen molar-refractivity contribution in [2.45, 2.75) is 4.90 Å². The van der Waals surface area contributed by atoms with Gasteiger partial charge in [0.2, 0.25) is 10.0 Å².